The molecule has 2 rings (SSSR count). The van der Waals surface area contributed by atoms with Crippen molar-refractivity contribution >= 4 is 5.69 Å². The molecule has 100 valence electrons. The van der Waals surface area contributed by atoms with E-state index < -0.39 is 0 Å². The molecule has 0 aliphatic carbocycles. The van der Waals surface area contributed by atoms with Gasteiger partial charge in [-0.3, -0.25) is 9.88 Å². The molecule has 0 aromatic carbocycles. The van der Waals surface area contributed by atoms with Crippen molar-refractivity contribution in [1.82, 2.24) is 14.8 Å². The van der Waals surface area contributed by atoms with Gasteiger partial charge in [0.2, 0.25) is 0 Å². The molecule has 1 unspecified atom stereocenters. The van der Waals surface area contributed by atoms with Crippen LogP contribution in [0.15, 0.2) is 18.3 Å². The summed E-state index contributed by atoms with van der Waals surface area (Å²) in [6.45, 7) is 6.77. The number of hydrogen-bond acceptors (Lipinski definition) is 4. The smallest absolute Gasteiger partial charge is 0.0564 e. The zero-order chi connectivity index (χ0) is 13.0. The fourth-order valence-electron chi connectivity index (χ4n) is 2.59. The lowest BCUT2D eigenvalue weighted by Gasteiger charge is -2.27. The van der Waals surface area contributed by atoms with Crippen LogP contribution in [0, 0.1) is 0 Å². The summed E-state index contributed by atoms with van der Waals surface area (Å²) in [7, 11) is 4.16. The summed E-state index contributed by atoms with van der Waals surface area (Å²) in [5, 5.41) is 3.17. The van der Waals surface area contributed by atoms with Crippen molar-refractivity contribution in [1.29, 1.82) is 0 Å². The maximum Gasteiger partial charge on any atom is 0.0564 e. The number of pyridine rings is 1. The van der Waals surface area contributed by atoms with Crippen molar-refractivity contribution < 1.29 is 0 Å². The molecule has 0 radical (unpaired) electrons. The molecular weight excluding hydrogens is 224 g/mol. The van der Waals surface area contributed by atoms with Gasteiger partial charge in [-0.1, -0.05) is 0 Å². The minimum Gasteiger partial charge on any atom is -0.388 e. The van der Waals surface area contributed by atoms with Crippen molar-refractivity contribution in [2.24, 2.45) is 0 Å². The lowest BCUT2D eigenvalue weighted by Crippen LogP contribution is -2.37. The Kier molecular flexibility index (Phi) is 4.55. The predicted molar refractivity (Wildman–Crippen MR) is 75.8 cm³/mol. The molecule has 0 saturated carbocycles. The Morgan fingerprint density at radius 2 is 2.28 bits per heavy atom. The summed E-state index contributed by atoms with van der Waals surface area (Å²) in [6, 6.07) is 4.74. The van der Waals surface area contributed by atoms with Crippen LogP contribution in [0.2, 0.25) is 0 Å². The van der Waals surface area contributed by atoms with E-state index in [9.17, 15) is 0 Å². The van der Waals surface area contributed by atoms with E-state index in [-0.39, 0.29) is 0 Å². The van der Waals surface area contributed by atoms with Crippen LogP contribution in [0.5, 0.6) is 0 Å². The van der Waals surface area contributed by atoms with E-state index in [0.717, 1.165) is 31.0 Å². The summed E-state index contributed by atoms with van der Waals surface area (Å²) in [4.78, 5) is 9.42. The fourth-order valence-corrected chi connectivity index (χ4v) is 2.59. The maximum atomic E-state index is 4.47. The first-order valence-electron chi connectivity index (χ1n) is 6.74. The zero-order valence-electron chi connectivity index (χ0n) is 11.7. The van der Waals surface area contributed by atoms with Gasteiger partial charge in [0.1, 0.15) is 0 Å². The molecule has 1 aliphatic rings. The Hall–Kier alpha value is -1.13. The monoisotopic (exact) mass is 248 g/mol. The quantitative estimate of drug-likeness (QED) is 0.881. The van der Waals surface area contributed by atoms with Gasteiger partial charge < -0.3 is 10.2 Å². The molecule has 1 saturated heterocycles. The van der Waals surface area contributed by atoms with Gasteiger partial charge in [-0.05, 0) is 39.1 Å². The Morgan fingerprint density at radius 3 is 3.06 bits per heavy atom. The van der Waals surface area contributed by atoms with Crippen molar-refractivity contribution in [2.75, 3.05) is 39.0 Å². The third-order valence-electron chi connectivity index (χ3n) is 3.65. The standard InChI is InChI=1S/C14H24N4/c1-12-10-17(3)7-4-8-18(12)11-14-9-13(15-2)5-6-16-14/h5-6,9,12H,4,7-8,10-11H2,1-3H3,(H,15,16). The van der Waals surface area contributed by atoms with E-state index in [1.165, 1.54) is 13.0 Å². The second kappa shape index (κ2) is 6.16. The molecule has 18 heavy (non-hydrogen) atoms. The molecule has 4 nitrogen and oxygen atoms in total. The number of rotatable bonds is 3. The summed E-state index contributed by atoms with van der Waals surface area (Å²) in [6.07, 6.45) is 3.13. The van der Waals surface area contributed by atoms with Crippen molar-refractivity contribution in [3.63, 3.8) is 0 Å². The van der Waals surface area contributed by atoms with Gasteiger partial charge in [0.05, 0.1) is 5.69 Å². The average Bonchev–Trinajstić information content (AvgIpc) is 2.52. The number of nitrogens with one attached hydrogen (secondary N) is 1. The highest BCUT2D eigenvalue weighted by molar-refractivity contribution is 5.42. The molecule has 0 amide bonds. The molecular formula is C14H24N4. The molecule has 1 N–H and O–H groups in total. The molecule has 1 atom stereocenters. The van der Waals surface area contributed by atoms with Gasteiger partial charge in [-0.25, -0.2) is 0 Å². The van der Waals surface area contributed by atoms with E-state index in [1.807, 2.05) is 19.3 Å². The highest BCUT2D eigenvalue weighted by atomic mass is 15.2. The second-order valence-corrected chi connectivity index (χ2v) is 5.22. The Bertz CT molecular complexity index is 380. The van der Waals surface area contributed by atoms with Crippen LogP contribution < -0.4 is 5.32 Å². The van der Waals surface area contributed by atoms with E-state index in [2.05, 4.69) is 40.1 Å². The molecule has 4 heteroatoms. The Labute approximate surface area is 110 Å². The van der Waals surface area contributed by atoms with Crippen LogP contribution in [0.25, 0.3) is 0 Å². The third-order valence-corrected chi connectivity index (χ3v) is 3.65. The van der Waals surface area contributed by atoms with Crippen molar-refractivity contribution in [3.05, 3.63) is 24.0 Å². The van der Waals surface area contributed by atoms with E-state index in [0.29, 0.717) is 6.04 Å². The Morgan fingerprint density at radius 1 is 1.44 bits per heavy atom. The van der Waals surface area contributed by atoms with Crippen LogP contribution in [0.3, 0.4) is 0 Å². The fraction of sp³-hybridized carbons (Fsp3) is 0.643. The summed E-state index contributed by atoms with van der Waals surface area (Å²) < 4.78 is 0. The largest absolute Gasteiger partial charge is 0.388 e. The minimum absolute atomic E-state index is 0.595. The Balaban J connectivity index is 2.02. The molecule has 2 heterocycles. The highest BCUT2D eigenvalue weighted by Gasteiger charge is 2.19. The van der Waals surface area contributed by atoms with Gasteiger partial charge in [-0.15, -0.1) is 0 Å². The van der Waals surface area contributed by atoms with Gasteiger partial charge in [0.15, 0.2) is 0 Å². The molecule has 1 aliphatic heterocycles. The van der Waals surface area contributed by atoms with Crippen LogP contribution in [-0.4, -0.2) is 54.6 Å². The van der Waals surface area contributed by atoms with Crippen LogP contribution in [0.4, 0.5) is 5.69 Å². The number of likely N-dealkylation sites (N-methyl/N-ethyl adjacent to an activating group) is 1. The lowest BCUT2D eigenvalue weighted by molar-refractivity contribution is 0.192. The minimum atomic E-state index is 0.595. The topological polar surface area (TPSA) is 31.4 Å². The number of nitrogens with zero attached hydrogens (tertiary/aromatic N) is 3. The molecule has 1 aromatic heterocycles. The average molecular weight is 248 g/mol. The predicted octanol–water partition coefficient (Wildman–Crippen LogP) is 1.65. The van der Waals surface area contributed by atoms with Gasteiger partial charge in [-0.2, -0.15) is 0 Å². The van der Waals surface area contributed by atoms with Gasteiger partial charge in [0, 0.05) is 44.6 Å². The molecule has 0 bridgehead atoms. The maximum absolute atomic E-state index is 4.47. The molecule has 1 aromatic rings. The second-order valence-electron chi connectivity index (χ2n) is 5.22. The van der Waals surface area contributed by atoms with E-state index >= 15 is 0 Å². The first kappa shape index (κ1) is 13.3. The lowest BCUT2D eigenvalue weighted by atomic mass is 10.2. The molecule has 1 fully saturated rings. The number of aromatic nitrogens is 1. The number of hydrogen-bond donors (Lipinski definition) is 1. The molecule has 0 spiro atoms. The van der Waals surface area contributed by atoms with Crippen LogP contribution in [0.1, 0.15) is 19.0 Å². The summed E-state index contributed by atoms with van der Waals surface area (Å²) in [5.74, 6) is 0. The van der Waals surface area contributed by atoms with Crippen molar-refractivity contribution in [3.8, 4) is 0 Å². The van der Waals surface area contributed by atoms with Gasteiger partial charge in [0.25, 0.3) is 0 Å². The first-order chi connectivity index (χ1) is 8.69. The first-order valence-corrected chi connectivity index (χ1v) is 6.74. The van der Waals surface area contributed by atoms with Gasteiger partial charge >= 0.3 is 0 Å². The third kappa shape index (κ3) is 3.43. The summed E-state index contributed by atoms with van der Waals surface area (Å²) >= 11 is 0. The van der Waals surface area contributed by atoms with Crippen LogP contribution >= 0.6 is 0 Å². The van der Waals surface area contributed by atoms with E-state index in [1.54, 1.807) is 0 Å². The summed E-state index contributed by atoms with van der Waals surface area (Å²) in [5.41, 5.74) is 2.29. The van der Waals surface area contributed by atoms with E-state index in [4.69, 9.17) is 0 Å². The SMILES string of the molecule is CNc1ccnc(CN2CCCN(C)CC2C)c1. The number of anilines is 1. The van der Waals surface area contributed by atoms with Crippen molar-refractivity contribution in [2.45, 2.75) is 25.9 Å². The normalized spacial score (nSPS) is 22.7. The van der Waals surface area contributed by atoms with Crippen LogP contribution in [-0.2, 0) is 6.54 Å². The highest BCUT2D eigenvalue weighted by Crippen LogP contribution is 2.14. The zero-order valence-corrected chi connectivity index (χ0v) is 11.7.